The van der Waals surface area contributed by atoms with E-state index in [0.29, 0.717) is 0 Å². The number of hydrogen-bond donors (Lipinski definition) is 3. The van der Waals surface area contributed by atoms with E-state index in [2.05, 4.69) is 10.6 Å². The summed E-state index contributed by atoms with van der Waals surface area (Å²) in [6.45, 7) is 6.55. The Morgan fingerprint density at radius 1 is 1.04 bits per heavy atom. The van der Waals surface area contributed by atoms with Crippen LogP contribution >= 0.6 is 0 Å². The first-order valence-corrected chi connectivity index (χ1v) is 8.17. The van der Waals surface area contributed by atoms with E-state index in [9.17, 15) is 14.4 Å². The van der Waals surface area contributed by atoms with Crippen LogP contribution in [0.3, 0.4) is 0 Å². The van der Waals surface area contributed by atoms with Crippen molar-refractivity contribution in [3.05, 3.63) is 35.9 Å². The molecule has 0 saturated carbocycles. The minimum Gasteiger partial charge on any atom is -0.481 e. The summed E-state index contributed by atoms with van der Waals surface area (Å²) < 4.78 is 10.2. The lowest BCUT2D eigenvalue weighted by Gasteiger charge is -2.29. The van der Waals surface area contributed by atoms with Crippen molar-refractivity contribution in [3.63, 3.8) is 0 Å². The van der Waals surface area contributed by atoms with E-state index in [1.807, 2.05) is 18.2 Å². The summed E-state index contributed by atoms with van der Waals surface area (Å²) in [5.41, 5.74) is -1.12. The van der Waals surface area contributed by atoms with Crippen LogP contribution < -0.4 is 10.6 Å². The summed E-state index contributed by atoms with van der Waals surface area (Å²) in [6, 6.07) is 9.07. The van der Waals surface area contributed by atoms with Gasteiger partial charge < -0.3 is 25.2 Å². The van der Waals surface area contributed by atoms with Gasteiger partial charge in [0.05, 0.1) is 12.0 Å². The molecule has 1 rings (SSSR count). The summed E-state index contributed by atoms with van der Waals surface area (Å²) in [7, 11) is 0. The number of alkyl carbamates (subject to hydrolysis) is 2. The van der Waals surface area contributed by atoms with Gasteiger partial charge >= 0.3 is 18.2 Å². The third-order valence-electron chi connectivity index (χ3n) is 3.18. The number of rotatable bonds is 7. The van der Waals surface area contributed by atoms with Crippen LogP contribution in [0.2, 0.25) is 0 Å². The predicted octanol–water partition coefficient (Wildman–Crippen LogP) is 2.67. The molecule has 8 nitrogen and oxygen atoms in total. The molecule has 1 aromatic rings. The Hall–Kier alpha value is -2.77. The van der Waals surface area contributed by atoms with Crippen LogP contribution in [0.4, 0.5) is 9.59 Å². The Kier molecular flexibility index (Phi) is 7.42. The van der Waals surface area contributed by atoms with E-state index in [1.165, 1.54) is 6.92 Å². The molecule has 0 aliphatic heterocycles. The van der Waals surface area contributed by atoms with Crippen LogP contribution in [-0.2, 0) is 20.9 Å². The van der Waals surface area contributed by atoms with Crippen molar-refractivity contribution >= 4 is 18.2 Å². The van der Waals surface area contributed by atoms with Gasteiger partial charge in [0.25, 0.3) is 0 Å². The zero-order valence-corrected chi connectivity index (χ0v) is 15.5. The fourth-order valence-electron chi connectivity index (χ4n) is 2.07. The standard InChI is InChI=1S/C18H26N2O6/c1-17(2,3)26-15(23)19-12-18(4,10-14(21)22)20-16(24)25-11-13-8-6-5-7-9-13/h5-9H,10-12H2,1-4H3,(H,19,23)(H,20,24)(H,21,22). The SMILES string of the molecule is CC(CNC(=O)OC(C)(C)C)(CC(=O)O)NC(=O)OCc1ccccc1. The van der Waals surface area contributed by atoms with Crippen molar-refractivity contribution in [1.82, 2.24) is 10.6 Å². The molecule has 1 aromatic carbocycles. The van der Waals surface area contributed by atoms with Gasteiger partial charge in [0.2, 0.25) is 0 Å². The maximum absolute atomic E-state index is 12.0. The van der Waals surface area contributed by atoms with E-state index in [-0.39, 0.29) is 13.2 Å². The van der Waals surface area contributed by atoms with Crippen LogP contribution in [-0.4, -0.2) is 40.9 Å². The van der Waals surface area contributed by atoms with Gasteiger partial charge in [0.15, 0.2) is 0 Å². The highest BCUT2D eigenvalue weighted by molar-refractivity contribution is 5.73. The number of nitrogens with one attached hydrogen (secondary N) is 2. The number of carboxylic acid groups (broad SMARTS) is 1. The minimum absolute atomic E-state index is 0.0509. The van der Waals surface area contributed by atoms with Gasteiger partial charge in [-0.15, -0.1) is 0 Å². The number of hydrogen-bond acceptors (Lipinski definition) is 5. The summed E-state index contributed by atoms with van der Waals surface area (Å²) >= 11 is 0. The molecule has 0 saturated heterocycles. The van der Waals surface area contributed by atoms with Crippen LogP contribution in [0.25, 0.3) is 0 Å². The van der Waals surface area contributed by atoms with E-state index in [0.717, 1.165) is 5.56 Å². The van der Waals surface area contributed by atoms with Crippen molar-refractivity contribution in [3.8, 4) is 0 Å². The third-order valence-corrected chi connectivity index (χ3v) is 3.18. The molecule has 144 valence electrons. The lowest BCUT2D eigenvalue weighted by molar-refractivity contribution is -0.138. The highest BCUT2D eigenvalue weighted by Crippen LogP contribution is 2.12. The molecular weight excluding hydrogens is 340 g/mol. The van der Waals surface area contributed by atoms with Gasteiger partial charge in [0.1, 0.15) is 12.2 Å². The molecule has 26 heavy (non-hydrogen) atoms. The molecule has 0 spiro atoms. The molecule has 0 radical (unpaired) electrons. The largest absolute Gasteiger partial charge is 0.481 e. The fourth-order valence-corrected chi connectivity index (χ4v) is 2.07. The summed E-state index contributed by atoms with van der Waals surface area (Å²) in [6.07, 6.45) is -1.87. The maximum atomic E-state index is 12.0. The van der Waals surface area contributed by atoms with E-state index in [1.54, 1.807) is 32.9 Å². The van der Waals surface area contributed by atoms with Gasteiger partial charge in [-0.05, 0) is 33.3 Å². The van der Waals surface area contributed by atoms with E-state index < -0.39 is 35.7 Å². The number of benzene rings is 1. The number of ether oxygens (including phenoxy) is 2. The van der Waals surface area contributed by atoms with Crippen molar-refractivity contribution in [2.45, 2.75) is 51.9 Å². The Bertz CT molecular complexity index is 626. The van der Waals surface area contributed by atoms with Crippen molar-refractivity contribution in [2.75, 3.05) is 6.54 Å². The van der Waals surface area contributed by atoms with Crippen molar-refractivity contribution in [1.29, 1.82) is 0 Å². The van der Waals surface area contributed by atoms with Crippen LogP contribution in [0.1, 0.15) is 39.7 Å². The zero-order valence-electron chi connectivity index (χ0n) is 15.5. The molecule has 2 amide bonds. The zero-order chi connectivity index (χ0) is 19.8. The predicted molar refractivity (Wildman–Crippen MR) is 94.7 cm³/mol. The summed E-state index contributed by atoms with van der Waals surface area (Å²) in [5, 5.41) is 14.1. The number of carbonyl (C=O) groups is 3. The van der Waals surface area contributed by atoms with Gasteiger partial charge in [-0.3, -0.25) is 4.79 Å². The van der Waals surface area contributed by atoms with Gasteiger partial charge in [-0.25, -0.2) is 9.59 Å². The van der Waals surface area contributed by atoms with Crippen molar-refractivity contribution < 1.29 is 29.0 Å². The number of carbonyl (C=O) groups excluding carboxylic acids is 2. The quantitative estimate of drug-likeness (QED) is 0.684. The topological polar surface area (TPSA) is 114 Å². The summed E-state index contributed by atoms with van der Waals surface area (Å²) in [4.78, 5) is 34.9. The number of amides is 2. The minimum atomic E-state index is -1.24. The lowest BCUT2D eigenvalue weighted by atomic mass is 9.98. The van der Waals surface area contributed by atoms with Gasteiger partial charge in [-0.2, -0.15) is 0 Å². The van der Waals surface area contributed by atoms with Gasteiger partial charge in [0, 0.05) is 6.54 Å². The summed E-state index contributed by atoms with van der Waals surface area (Å²) in [5.74, 6) is -1.12. The van der Waals surface area contributed by atoms with E-state index in [4.69, 9.17) is 14.6 Å². The molecule has 0 fully saturated rings. The maximum Gasteiger partial charge on any atom is 0.407 e. The average Bonchev–Trinajstić information content (AvgIpc) is 2.50. The Balaban J connectivity index is 2.61. The first kappa shape index (κ1) is 21.3. The lowest BCUT2D eigenvalue weighted by Crippen LogP contribution is -2.55. The van der Waals surface area contributed by atoms with Gasteiger partial charge in [-0.1, -0.05) is 30.3 Å². The van der Waals surface area contributed by atoms with Crippen LogP contribution in [0.5, 0.6) is 0 Å². The molecule has 0 aromatic heterocycles. The number of aliphatic carboxylic acids is 1. The third kappa shape index (κ3) is 8.91. The molecule has 3 N–H and O–H groups in total. The Morgan fingerprint density at radius 3 is 2.19 bits per heavy atom. The Labute approximate surface area is 152 Å². The van der Waals surface area contributed by atoms with Crippen molar-refractivity contribution in [2.24, 2.45) is 0 Å². The molecule has 0 heterocycles. The first-order valence-electron chi connectivity index (χ1n) is 8.17. The second-order valence-electron chi connectivity index (χ2n) is 7.17. The molecule has 0 aliphatic rings. The molecule has 8 heteroatoms. The fraction of sp³-hybridized carbons (Fsp3) is 0.500. The molecule has 1 unspecified atom stereocenters. The number of carboxylic acids is 1. The smallest absolute Gasteiger partial charge is 0.407 e. The highest BCUT2D eigenvalue weighted by Gasteiger charge is 2.31. The highest BCUT2D eigenvalue weighted by atomic mass is 16.6. The van der Waals surface area contributed by atoms with Crippen LogP contribution in [0, 0.1) is 0 Å². The molecule has 0 bridgehead atoms. The second kappa shape index (κ2) is 9.07. The second-order valence-corrected chi connectivity index (χ2v) is 7.17. The normalized spacial score (nSPS) is 13.2. The molecule has 0 aliphatic carbocycles. The monoisotopic (exact) mass is 366 g/mol. The van der Waals surface area contributed by atoms with E-state index >= 15 is 0 Å². The first-order chi connectivity index (χ1) is 12.0. The molecule has 1 atom stereocenters. The average molecular weight is 366 g/mol. The molecular formula is C18H26N2O6. The Morgan fingerprint density at radius 2 is 1.65 bits per heavy atom. The van der Waals surface area contributed by atoms with Crippen LogP contribution in [0.15, 0.2) is 30.3 Å².